The molecular formula is C14H26N4. The van der Waals surface area contributed by atoms with E-state index >= 15 is 0 Å². The van der Waals surface area contributed by atoms with Crippen molar-refractivity contribution in [1.82, 2.24) is 14.9 Å². The number of imidazole rings is 1. The standard InChI is InChI=1S/C14H26N4/c1-4-8-17-10-12(5-2)16-14(17)18-9-6-7-13(11-18)15-3/h10,13,15H,4-9,11H2,1-3H3. The number of rotatable bonds is 5. The Kier molecular flexibility index (Phi) is 4.64. The number of aromatic nitrogens is 2. The van der Waals surface area contributed by atoms with Gasteiger partial charge >= 0.3 is 0 Å². The summed E-state index contributed by atoms with van der Waals surface area (Å²) in [4.78, 5) is 7.24. The molecule has 1 unspecified atom stereocenters. The van der Waals surface area contributed by atoms with Crippen molar-refractivity contribution in [3.8, 4) is 0 Å². The number of likely N-dealkylation sites (N-methyl/N-ethyl adjacent to an activating group) is 1. The second-order valence-electron chi connectivity index (χ2n) is 5.15. The van der Waals surface area contributed by atoms with E-state index in [2.05, 4.69) is 41.9 Å². The number of anilines is 1. The van der Waals surface area contributed by atoms with Crippen molar-refractivity contribution < 1.29 is 0 Å². The van der Waals surface area contributed by atoms with Crippen molar-refractivity contribution in [1.29, 1.82) is 0 Å². The molecule has 0 amide bonds. The van der Waals surface area contributed by atoms with Gasteiger partial charge in [-0.1, -0.05) is 13.8 Å². The highest BCUT2D eigenvalue weighted by Gasteiger charge is 2.22. The van der Waals surface area contributed by atoms with Gasteiger partial charge in [0.25, 0.3) is 0 Å². The Morgan fingerprint density at radius 1 is 1.44 bits per heavy atom. The Balaban J connectivity index is 2.17. The largest absolute Gasteiger partial charge is 0.341 e. The molecular weight excluding hydrogens is 224 g/mol. The Bertz CT molecular complexity index is 372. The quantitative estimate of drug-likeness (QED) is 0.868. The molecule has 0 aromatic carbocycles. The number of nitrogens with zero attached hydrogens (tertiary/aromatic N) is 3. The van der Waals surface area contributed by atoms with Gasteiger partial charge in [0, 0.05) is 31.9 Å². The van der Waals surface area contributed by atoms with Crippen LogP contribution in [0.3, 0.4) is 0 Å². The lowest BCUT2D eigenvalue weighted by Crippen LogP contribution is -2.45. The zero-order valence-electron chi connectivity index (χ0n) is 11.9. The SMILES string of the molecule is CCCn1cc(CC)nc1N1CCCC(NC)C1. The molecule has 0 radical (unpaired) electrons. The fourth-order valence-electron chi connectivity index (χ4n) is 2.68. The monoisotopic (exact) mass is 250 g/mol. The first-order valence-electron chi connectivity index (χ1n) is 7.26. The van der Waals surface area contributed by atoms with E-state index in [0.717, 1.165) is 32.5 Å². The second kappa shape index (κ2) is 6.23. The van der Waals surface area contributed by atoms with Gasteiger partial charge in [0.2, 0.25) is 5.95 Å². The minimum atomic E-state index is 0.607. The summed E-state index contributed by atoms with van der Waals surface area (Å²) in [7, 11) is 2.06. The van der Waals surface area contributed by atoms with E-state index in [0.29, 0.717) is 6.04 Å². The number of aryl methyl sites for hydroxylation is 2. The molecule has 1 atom stereocenters. The van der Waals surface area contributed by atoms with Gasteiger partial charge in [-0.15, -0.1) is 0 Å². The molecule has 1 aliphatic heterocycles. The van der Waals surface area contributed by atoms with Gasteiger partial charge in [-0.25, -0.2) is 4.98 Å². The molecule has 0 saturated carbocycles. The third-order valence-electron chi connectivity index (χ3n) is 3.74. The summed E-state index contributed by atoms with van der Waals surface area (Å²) >= 11 is 0. The lowest BCUT2D eigenvalue weighted by atomic mass is 10.1. The van der Waals surface area contributed by atoms with Crippen LogP contribution in [0, 0.1) is 0 Å². The summed E-state index contributed by atoms with van der Waals surface area (Å²) in [6.07, 6.45) is 6.94. The molecule has 4 nitrogen and oxygen atoms in total. The van der Waals surface area contributed by atoms with E-state index in [9.17, 15) is 0 Å². The predicted octanol–water partition coefficient (Wildman–Crippen LogP) is 2.04. The first-order valence-corrected chi connectivity index (χ1v) is 7.26. The Hall–Kier alpha value is -1.03. The van der Waals surface area contributed by atoms with E-state index in [4.69, 9.17) is 4.98 Å². The maximum Gasteiger partial charge on any atom is 0.205 e. The van der Waals surface area contributed by atoms with Crippen LogP contribution in [0.25, 0.3) is 0 Å². The van der Waals surface area contributed by atoms with Crippen LogP contribution in [0.4, 0.5) is 5.95 Å². The Labute approximate surface area is 110 Å². The zero-order valence-corrected chi connectivity index (χ0v) is 11.9. The Morgan fingerprint density at radius 2 is 2.28 bits per heavy atom. The molecule has 0 bridgehead atoms. The smallest absolute Gasteiger partial charge is 0.205 e. The summed E-state index contributed by atoms with van der Waals surface area (Å²) < 4.78 is 2.33. The predicted molar refractivity (Wildman–Crippen MR) is 76.2 cm³/mol. The first kappa shape index (κ1) is 13.4. The molecule has 1 N–H and O–H groups in total. The van der Waals surface area contributed by atoms with Crippen LogP contribution >= 0.6 is 0 Å². The first-order chi connectivity index (χ1) is 8.78. The van der Waals surface area contributed by atoms with Crippen molar-refractivity contribution >= 4 is 5.95 Å². The van der Waals surface area contributed by atoms with Gasteiger partial charge in [-0.3, -0.25) is 0 Å². The number of nitrogens with one attached hydrogen (secondary N) is 1. The summed E-state index contributed by atoms with van der Waals surface area (Å²) in [6, 6.07) is 0.607. The minimum absolute atomic E-state index is 0.607. The van der Waals surface area contributed by atoms with Crippen molar-refractivity contribution in [2.45, 2.75) is 52.1 Å². The highest BCUT2D eigenvalue weighted by molar-refractivity contribution is 5.35. The third-order valence-corrected chi connectivity index (χ3v) is 3.74. The van der Waals surface area contributed by atoms with Crippen LogP contribution in [0.2, 0.25) is 0 Å². The highest BCUT2D eigenvalue weighted by atomic mass is 15.3. The van der Waals surface area contributed by atoms with E-state index in [-0.39, 0.29) is 0 Å². The van der Waals surface area contributed by atoms with Crippen LogP contribution in [0.1, 0.15) is 38.8 Å². The molecule has 2 rings (SSSR count). The third kappa shape index (κ3) is 2.86. The molecule has 0 spiro atoms. The van der Waals surface area contributed by atoms with Crippen LogP contribution < -0.4 is 10.2 Å². The molecule has 1 saturated heterocycles. The van der Waals surface area contributed by atoms with Gasteiger partial charge < -0.3 is 14.8 Å². The van der Waals surface area contributed by atoms with Gasteiger partial charge in [0.05, 0.1) is 5.69 Å². The van der Waals surface area contributed by atoms with Gasteiger partial charge in [-0.2, -0.15) is 0 Å². The van der Waals surface area contributed by atoms with E-state index in [1.165, 1.54) is 24.5 Å². The van der Waals surface area contributed by atoms with Crippen molar-refractivity contribution in [3.63, 3.8) is 0 Å². The van der Waals surface area contributed by atoms with Crippen LogP contribution in [-0.2, 0) is 13.0 Å². The average Bonchev–Trinajstić information content (AvgIpc) is 2.82. The lowest BCUT2D eigenvalue weighted by Gasteiger charge is -2.33. The zero-order chi connectivity index (χ0) is 13.0. The van der Waals surface area contributed by atoms with Crippen LogP contribution in [0.15, 0.2) is 6.20 Å². The molecule has 18 heavy (non-hydrogen) atoms. The normalized spacial score (nSPS) is 20.4. The van der Waals surface area contributed by atoms with E-state index in [1.807, 2.05) is 0 Å². The second-order valence-corrected chi connectivity index (χ2v) is 5.15. The van der Waals surface area contributed by atoms with Crippen molar-refractivity contribution in [3.05, 3.63) is 11.9 Å². The minimum Gasteiger partial charge on any atom is -0.341 e. The summed E-state index contributed by atoms with van der Waals surface area (Å²) in [5.41, 5.74) is 1.21. The van der Waals surface area contributed by atoms with Crippen LogP contribution in [-0.4, -0.2) is 35.7 Å². The molecule has 1 aromatic heterocycles. The molecule has 1 fully saturated rings. The molecule has 2 heterocycles. The van der Waals surface area contributed by atoms with Gasteiger partial charge in [0.15, 0.2) is 0 Å². The topological polar surface area (TPSA) is 33.1 Å². The van der Waals surface area contributed by atoms with Crippen molar-refractivity contribution in [2.75, 3.05) is 25.0 Å². The van der Waals surface area contributed by atoms with Crippen LogP contribution in [0.5, 0.6) is 0 Å². The summed E-state index contributed by atoms with van der Waals surface area (Å²) in [5, 5.41) is 3.40. The van der Waals surface area contributed by atoms with Gasteiger partial charge in [-0.05, 0) is 32.7 Å². The fourth-order valence-corrected chi connectivity index (χ4v) is 2.68. The lowest BCUT2D eigenvalue weighted by molar-refractivity contribution is 0.441. The highest BCUT2D eigenvalue weighted by Crippen LogP contribution is 2.20. The maximum absolute atomic E-state index is 4.80. The van der Waals surface area contributed by atoms with E-state index in [1.54, 1.807) is 0 Å². The fraction of sp³-hybridized carbons (Fsp3) is 0.786. The van der Waals surface area contributed by atoms with E-state index < -0.39 is 0 Å². The van der Waals surface area contributed by atoms with Gasteiger partial charge in [0.1, 0.15) is 0 Å². The number of hydrogen-bond acceptors (Lipinski definition) is 3. The maximum atomic E-state index is 4.80. The number of hydrogen-bond donors (Lipinski definition) is 1. The molecule has 4 heteroatoms. The summed E-state index contributed by atoms with van der Waals surface area (Å²) in [5.74, 6) is 1.17. The molecule has 1 aliphatic rings. The molecule has 0 aliphatic carbocycles. The average molecular weight is 250 g/mol. The number of piperidine rings is 1. The Morgan fingerprint density at radius 3 is 2.94 bits per heavy atom. The van der Waals surface area contributed by atoms with Crippen molar-refractivity contribution in [2.24, 2.45) is 0 Å². The summed E-state index contributed by atoms with van der Waals surface area (Å²) in [6.45, 7) is 7.70. The molecule has 1 aromatic rings. The molecule has 102 valence electrons.